The maximum Gasteiger partial charge on any atom is 0.281 e. The molecule has 1 aromatic rings. The smallest absolute Gasteiger partial charge is 0.281 e. The fraction of sp³-hybridized carbons (Fsp3) is 0.500. The zero-order valence-corrected chi connectivity index (χ0v) is 13.5. The third kappa shape index (κ3) is 3.53. The Balaban J connectivity index is 1.78. The van der Waals surface area contributed by atoms with Crippen LogP contribution in [0.4, 0.5) is 0 Å². The predicted octanol–water partition coefficient (Wildman–Crippen LogP) is 1.42. The number of hydrogen-bond donors (Lipinski definition) is 0. The summed E-state index contributed by atoms with van der Waals surface area (Å²) < 4.78 is 5.55. The quantitative estimate of drug-likeness (QED) is 0.614. The second-order valence-corrected chi connectivity index (χ2v) is 6.15. The van der Waals surface area contributed by atoms with Gasteiger partial charge in [-0.2, -0.15) is 0 Å². The van der Waals surface area contributed by atoms with E-state index < -0.39 is 5.03 Å². The van der Waals surface area contributed by atoms with E-state index >= 15 is 0 Å². The van der Waals surface area contributed by atoms with Crippen molar-refractivity contribution in [3.63, 3.8) is 0 Å². The molecule has 2 aliphatic rings. The number of carbonyl (C=O) groups excluding carboxylic acids is 1. The van der Waals surface area contributed by atoms with Crippen molar-refractivity contribution < 1.29 is 14.6 Å². The van der Waals surface area contributed by atoms with Crippen LogP contribution < -0.4 is 0 Å². The Kier molecular flexibility index (Phi) is 4.75. The summed E-state index contributed by atoms with van der Waals surface area (Å²) in [5.74, 6) is 0.145. The SMILES string of the molecule is CC1CC(CN2CCN(C(=O)c3ccccc3)C2=N[N+](=O)[O-])CO1. The summed E-state index contributed by atoms with van der Waals surface area (Å²) in [4.78, 5) is 26.8. The maximum absolute atomic E-state index is 12.6. The van der Waals surface area contributed by atoms with E-state index in [2.05, 4.69) is 5.10 Å². The average molecular weight is 332 g/mol. The Morgan fingerprint density at radius 3 is 2.75 bits per heavy atom. The molecule has 3 rings (SSSR count). The van der Waals surface area contributed by atoms with Gasteiger partial charge in [0.05, 0.1) is 12.7 Å². The third-order valence-electron chi connectivity index (χ3n) is 4.32. The molecule has 8 nitrogen and oxygen atoms in total. The van der Waals surface area contributed by atoms with Crippen LogP contribution in [0.2, 0.25) is 0 Å². The molecule has 2 atom stereocenters. The second-order valence-electron chi connectivity index (χ2n) is 6.15. The molecule has 2 saturated heterocycles. The van der Waals surface area contributed by atoms with E-state index in [1.165, 1.54) is 4.90 Å². The van der Waals surface area contributed by atoms with Crippen molar-refractivity contribution in [2.45, 2.75) is 19.4 Å². The van der Waals surface area contributed by atoms with Crippen LogP contribution in [0.5, 0.6) is 0 Å². The van der Waals surface area contributed by atoms with E-state index in [0.29, 0.717) is 37.7 Å². The van der Waals surface area contributed by atoms with Crippen LogP contribution in [0, 0.1) is 16.0 Å². The summed E-state index contributed by atoms with van der Waals surface area (Å²) in [7, 11) is 0. The fourth-order valence-corrected chi connectivity index (χ4v) is 3.23. The van der Waals surface area contributed by atoms with E-state index in [1.807, 2.05) is 17.9 Å². The summed E-state index contributed by atoms with van der Waals surface area (Å²) in [6, 6.07) is 8.74. The first-order valence-corrected chi connectivity index (χ1v) is 8.01. The van der Waals surface area contributed by atoms with Gasteiger partial charge in [0.25, 0.3) is 11.9 Å². The Morgan fingerprint density at radius 1 is 1.38 bits per heavy atom. The molecule has 8 heteroatoms. The first-order valence-electron chi connectivity index (χ1n) is 8.01. The van der Waals surface area contributed by atoms with Crippen molar-refractivity contribution in [1.29, 1.82) is 0 Å². The summed E-state index contributed by atoms with van der Waals surface area (Å²) in [5.41, 5.74) is 0.494. The number of nitrogens with zero attached hydrogens (tertiary/aromatic N) is 4. The van der Waals surface area contributed by atoms with Gasteiger partial charge < -0.3 is 9.64 Å². The minimum atomic E-state index is -0.743. The molecule has 128 valence electrons. The van der Waals surface area contributed by atoms with Crippen LogP contribution in [-0.4, -0.2) is 59.0 Å². The van der Waals surface area contributed by atoms with Crippen molar-refractivity contribution in [2.75, 3.05) is 26.2 Å². The first kappa shape index (κ1) is 16.4. The molecule has 0 radical (unpaired) electrons. The normalized spacial score (nSPS) is 25.5. The van der Waals surface area contributed by atoms with Gasteiger partial charge in [0.15, 0.2) is 5.03 Å². The van der Waals surface area contributed by atoms with Crippen molar-refractivity contribution in [3.8, 4) is 0 Å². The zero-order valence-electron chi connectivity index (χ0n) is 13.5. The highest BCUT2D eigenvalue weighted by atomic mass is 16.7. The lowest BCUT2D eigenvalue weighted by Crippen LogP contribution is -2.40. The largest absolute Gasteiger partial charge is 0.378 e. The molecule has 0 bridgehead atoms. The van der Waals surface area contributed by atoms with Gasteiger partial charge in [-0.3, -0.25) is 9.69 Å². The molecule has 0 aliphatic carbocycles. The number of rotatable bonds is 4. The van der Waals surface area contributed by atoms with Crippen LogP contribution in [-0.2, 0) is 4.74 Å². The molecular formula is C16H20N4O4. The molecule has 0 saturated carbocycles. The van der Waals surface area contributed by atoms with Crippen LogP contribution in [0.3, 0.4) is 0 Å². The van der Waals surface area contributed by atoms with Crippen molar-refractivity contribution in [3.05, 3.63) is 46.0 Å². The second kappa shape index (κ2) is 6.96. The molecule has 0 aromatic heterocycles. The number of amides is 1. The molecule has 0 spiro atoms. The van der Waals surface area contributed by atoms with Gasteiger partial charge in [0.2, 0.25) is 0 Å². The number of benzene rings is 1. The predicted molar refractivity (Wildman–Crippen MR) is 87.0 cm³/mol. The van der Waals surface area contributed by atoms with Crippen LogP contribution in [0.25, 0.3) is 0 Å². The molecule has 2 heterocycles. The number of ether oxygens (including phenoxy) is 1. The van der Waals surface area contributed by atoms with Gasteiger partial charge in [-0.25, -0.2) is 10.1 Å². The van der Waals surface area contributed by atoms with E-state index in [4.69, 9.17) is 4.74 Å². The van der Waals surface area contributed by atoms with E-state index in [1.54, 1.807) is 24.3 Å². The topological polar surface area (TPSA) is 88.3 Å². The molecule has 2 aliphatic heterocycles. The summed E-state index contributed by atoms with van der Waals surface area (Å²) in [6.45, 7) is 4.19. The van der Waals surface area contributed by atoms with Crippen LogP contribution >= 0.6 is 0 Å². The molecule has 1 amide bonds. The Bertz CT molecular complexity index is 649. The number of carbonyl (C=O) groups is 1. The number of hydrazone groups is 1. The first-order chi connectivity index (χ1) is 11.5. The van der Waals surface area contributed by atoms with Gasteiger partial charge in [-0.15, -0.1) is 0 Å². The summed E-state index contributed by atoms with van der Waals surface area (Å²) >= 11 is 0. The summed E-state index contributed by atoms with van der Waals surface area (Å²) in [5, 5.41) is 13.7. The van der Waals surface area contributed by atoms with Gasteiger partial charge in [0.1, 0.15) is 5.10 Å². The van der Waals surface area contributed by atoms with Crippen LogP contribution in [0.1, 0.15) is 23.7 Å². The van der Waals surface area contributed by atoms with E-state index in [0.717, 1.165) is 6.42 Å². The maximum atomic E-state index is 12.6. The molecule has 24 heavy (non-hydrogen) atoms. The molecule has 2 fully saturated rings. The number of hydrogen-bond acceptors (Lipinski definition) is 4. The highest BCUT2D eigenvalue weighted by Gasteiger charge is 2.36. The Morgan fingerprint density at radius 2 is 2.12 bits per heavy atom. The monoisotopic (exact) mass is 332 g/mol. The van der Waals surface area contributed by atoms with Crippen molar-refractivity contribution in [1.82, 2.24) is 9.80 Å². The third-order valence-corrected chi connectivity index (χ3v) is 4.32. The fourth-order valence-electron chi connectivity index (χ4n) is 3.23. The summed E-state index contributed by atoms with van der Waals surface area (Å²) in [6.07, 6.45) is 1.12. The standard InChI is InChI=1S/C16H20N4O4/c1-12-9-13(11-24-12)10-18-7-8-19(16(18)17-20(22)23)15(21)14-5-3-2-4-6-14/h2-6,12-13H,7-11H2,1H3. The van der Waals surface area contributed by atoms with Gasteiger partial charge in [0, 0.05) is 31.1 Å². The number of nitro groups is 1. The minimum absolute atomic E-state index is 0.119. The van der Waals surface area contributed by atoms with Crippen molar-refractivity contribution in [2.24, 2.45) is 11.0 Å². The molecule has 1 aromatic carbocycles. The lowest BCUT2D eigenvalue weighted by atomic mass is 10.1. The number of guanidine groups is 1. The Hall–Kier alpha value is -2.48. The minimum Gasteiger partial charge on any atom is -0.378 e. The Labute approximate surface area is 139 Å². The molecular weight excluding hydrogens is 312 g/mol. The highest BCUT2D eigenvalue weighted by Crippen LogP contribution is 2.23. The molecule has 0 N–H and O–H groups in total. The zero-order chi connectivity index (χ0) is 17.1. The van der Waals surface area contributed by atoms with Gasteiger partial charge in [-0.1, -0.05) is 18.2 Å². The average Bonchev–Trinajstić information content (AvgIpc) is 3.14. The molecule has 2 unspecified atom stereocenters. The van der Waals surface area contributed by atoms with Crippen LogP contribution in [0.15, 0.2) is 35.4 Å². The van der Waals surface area contributed by atoms with Crippen molar-refractivity contribution >= 4 is 11.9 Å². The van der Waals surface area contributed by atoms with Gasteiger partial charge in [-0.05, 0) is 25.5 Å². The lowest BCUT2D eigenvalue weighted by molar-refractivity contribution is -0.486. The van der Waals surface area contributed by atoms with E-state index in [-0.39, 0.29) is 18.0 Å². The lowest BCUT2D eigenvalue weighted by Gasteiger charge is -2.22. The highest BCUT2D eigenvalue weighted by molar-refractivity contribution is 6.06. The van der Waals surface area contributed by atoms with Gasteiger partial charge >= 0.3 is 0 Å². The van der Waals surface area contributed by atoms with E-state index in [9.17, 15) is 14.9 Å².